The molecule has 1 fully saturated rings. The third kappa shape index (κ3) is 3.47. The highest BCUT2D eigenvalue weighted by molar-refractivity contribution is 6.31. The van der Waals surface area contributed by atoms with Crippen LogP contribution in [0.15, 0.2) is 24.3 Å². The summed E-state index contributed by atoms with van der Waals surface area (Å²) in [6.07, 6.45) is 2.49. The number of hydrogen-bond donors (Lipinski definition) is 1. The topological polar surface area (TPSA) is 21.3 Å². The summed E-state index contributed by atoms with van der Waals surface area (Å²) in [6.45, 7) is 6.18. The average Bonchev–Trinajstić information content (AvgIpc) is 2.37. The number of ether oxygens (including phenoxy) is 1. The third-order valence-corrected chi connectivity index (χ3v) is 3.79. The van der Waals surface area contributed by atoms with Crippen LogP contribution in [0.3, 0.4) is 0 Å². The summed E-state index contributed by atoms with van der Waals surface area (Å²) in [5.74, 6) is 0.515. The Kier molecular flexibility index (Phi) is 5.04. The van der Waals surface area contributed by atoms with Gasteiger partial charge in [-0.25, -0.2) is 0 Å². The highest BCUT2D eigenvalue weighted by Gasteiger charge is 2.28. The van der Waals surface area contributed by atoms with Gasteiger partial charge in [-0.3, -0.25) is 0 Å². The maximum Gasteiger partial charge on any atom is 0.0879 e. The maximum absolute atomic E-state index is 6.29. The fourth-order valence-electron chi connectivity index (χ4n) is 2.49. The summed E-state index contributed by atoms with van der Waals surface area (Å²) in [5.41, 5.74) is 1.13. The first-order chi connectivity index (χ1) is 8.68. The van der Waals surface area contributed by atoms with Crippen LogP contribution in [0, 0.1) is 5.92 Å². The molecule has 3 heteroatoms. The van der Waals surface area contributed by atoms with Gasteiger partial charge < -0.3 is 10.1 Å². The molecule has 1 aliphatic rings. The number of nitrogens with one attached hydrogen (secondary N) is 1. The van der Waals surface area contributed by atoms with Crippen molar-refractivity contribution in [3.8, 4) is 0 Å². The van der Waals surface area contributed by atoms with Crippen molar-refractivity contribution in [2.75, 3.05) is 13.2 Å². The van der Waals surface area contributed by atoms with Crippen LogP contribution in [0.1, 0.15) is 38.4 Å². The van der Waals surface area contributed by atoms with Crippen LogP contribution < -0.4 is 5.32 Å². The van der Waals surface area contributed by atoms with E-state index in [1.807, 2.05) is 18.2 Å². The van der Waals surface area contributed by atoms with Gasteiger partial charge in [-0.05, 0) is 24.5 Å². The van der Waals surface area contributed by atoms with Gasteiger partial charge in [0, 0.05) is 30.1 Å². The Labute approximate surface area is 115 Å². The number of benzene rings is 1. The summed E-state index contributed by atoms with van der Waals surface area (Å²) in [6, 6.07) is 8.55. The molecule has 2 rings (SSSR count). The molecule has 100 valence electrons. The van der Waals surface area contributed by atoms with Crippen molar-refractivity contribution >= 4 is 11.6 Å². The highest BCUT2D eigenvalue weighted by atomic mass is 35.5. The van der Waals surface area contributed by atoms with E-state index in [1.165, 1.54) is 6.42 Å². The second kappa shape index (κ2) is 6.55. The zero-order valence-corrected chi connectivity index (χ0v) is 11.9. The Morgan fingerprint density at radius 2 is 2.17 bits per heavy atom. The van der Waals surface area contributed by atoms with E-state index < -0.39 is 0 Å². The lowest BCUT2D eigenvalue weighted by Crippen LogP contribution is -2.35. The lowest BCUT2D eigenvalue weighted by molar-refractivity contribution is -0.0281. The molecule has 1 aromatic rings. The molecular formula is C15H22ClNO. The van der Waals surface area contributed by atoms with E-state index >= 15 is 0 Å². The average molecular weight is 268 g/mol. The molecule has 1 saturated heterocycles. The van der Waals surface area contributed by atoms with Gasteiger partial charge in [0.05, 0.1) is 6.10 Å². The highest BCUT2D eigenvalue weighted by Crippen LogP contribution is 2.36. The first kappa shape index (κ1) is 13.9. The van der Waals surface area contributed by atoms with Crippen LogP contribution in [0.4, 0.5) is 0 Å². The quantitative estimate of drug-likeness (QED) is 0.896. The van der Waals surface area contributed by atoms with E-state index in [2.05, 4.69) is 25.2 Å². The lowest BCUT2D eigenvalue weighted by Gasteiger charge is -2.33. The van der Waals surface area contributed by atoms with Crippen molar-refractivity contribution in [2.45, 2.75) is 38.8 Å². The molecule has 0 amide bonds. The Morgan fingerprint density at radius 3 is 2.89 bits per heavy atom. The van der Waals surface area contributed by atoms with Crippen molar-refractivity contribution in [3.05, 3.63) is 34.9 Å². The molecule has 0 radical (unpaired) electrons. The Hall–Kier alpha value is -0.570. The van der Waals surface area contributed by atoms with Gasteiger partial charge in [0.2, 0.25) is 0 Å². The predicted molar refractivity (Wildman–Crippen MR) is 76.0 cm³/mol. The minimum absolute atomic E-state index is 0.138. The van der Waals surface area contributed by atoms with E-state index in [1.54, 1.807) is 0 Å². The maximum atomic E-state index is 6.29. The van der Waals surface area contributed by atoms with Gasteiger partial charge in [-0.1, -0.05) is 43.6 Å². The van der Waals surface area contributed by atoms with Gasteiger partial charge in [-0.15, -0.1) is 0 Å². The van der Waals surface area contributed by atoms with E-state index in [0.29, 0.717) is 12.0 Å². The second-order valence-electron chi connectivity index (χ2n) is 5.28. The van der Waals surface area contributed by atoms with Crippen molar-refractivity contribution in [2.24, 2.45) is 5.92 Å². The molecule has 0 spiro atoms. The van der Waals surface area contributed by atoms with Crippen LogP contribution in [-0.2, 0) is 4.74 Å². The summed E-state index contributed by atoms with van der Waals surface area (Å²) in [5, 5.41) is 4.33. The molecule has 1 heterocycles. The fourth-order valence-corrected chi connectivity index (χ4v) is 2.73. The van der Waals surface area contributed by atoms with Crippen molar-refractivity contribution in [3.63, 3.8) is 0 Å². The molecule has 2 unspecified atom stereocenters. The third-order valence-electron chi connectivity index (χ3n) is 3.44. The standard InChI is InChI=1S/C15H22ClNO/c1-11(2)17-10-12-6-5-9-18-15(12)13-7-3-4-8-14(13)16/h3-4,7-8,11-12,15,17H,5-6,9-10H2,1-2H3. The van der Waals surface area contributed by atoms with E-state index in [9.17, 15) is 0 Å². The smallest absolute Gasteiger partial charge is 0.0879 e. The van der Waals surface area contributed by atoms with Gasteiger partial charge in [0.1, 0.15) is 0 Å². The minimum atomic E-state index is 0.138. The van der Waals surface area contributed by atoms with Crippen molar-refractivity contribution in [1.82, 2.24) is 5.32 Å². The number of hydrogen-bond acceptors (Lipinski definition) is 2. The van der Waals surface area contributed by atoms with Crippen LogP contribution in [0.5, 0.6) is 0 Å². The number of halogens is 1. The van der Waals surface area contributed by atoms with Gasteiger partial charge >= 0.3 is 0 Å². The molecular weight excluding hydrogens is 246 g/mol. The van der Waals surface area contributed by atoms with Crippen molar-refractivity contribution < 1.29 is 4.74 Å². The normalized spacial score (nSPS) is 24.4. The van der Waals surface area contributed by atoms with E-state index in [4.69, 9.17) is 16.3 Å². The summed E-state index contributed by atoms with van der Waals surface area (Å²) < 4.78 is 5.97. The van der Waals surface area contributed by atoms with Gasteiger partial charge in [-0.2, -0.15) is 0 Å². The molecule has 2 nitrogen and oxygen atoms in total. The molecule has 0 bridgehead atoms. The SMILES string of the molecule is CC(C)NCC1CCCOC1c1ccccc1Cl. The Morgan fingerprint density at radius 1 is 1.39 bits per heavy atom. The molecule has 1 aromatic carbocycles. The molecule has 1 aliphatic heterocycles. The van der Waals surface area contributed by atoms with Crippen LogP contribution in [0.25, 0.3) is 0 Å². The zero-order chi connectivity index (χ0) is 13.0. The van der Waals surface area contributed by atoms with Crippen LogP contribution in [0.2, 0.25) is 5.02 Å². The zero-order valence-electron chi connectivity index (χ0n) is 11.2. The summed E-state index contributed by atoms with van der Waals surface area (Å²) in [4.78, 5) is 0. The second-order valence-corrected chi connectivity index (χ2v) is 5.69. The predicted octanol–water partition coefficient (Wildman–Crippen LogP) is 3.81. The van der Waals surface area contributed by atoms with Gasteiger partial charge in [0.25, 0.3) is 0 Å². The minimum Gasteiger partial charge on any atom is -0.373 e. The molecule has 2 atom stereocenters. The largest absolute Gasteiger partial charge is 0.373 e. The Balaban J connectivity index is 2.10. The fraction of sp³-hybridized carbons (Fsp3) is 0.600. The van der Waals surface area contributed by atoms with E-state index in [0.717, 1.165) is 30.2 Å². The summed E-state index contributed by atoms with van der Waals surface area (Å²) >= 11 is 6.29. The first-order valence-corrected chi connectivity index (χ1v) is 7.15. The first-order valence-electron chi connectivity index (χ1n) is 6.78. The molecule has 18 heavy (non-hydrogen) atoms. The lowest BCUT2D eigenvalue weighted by atomic mass is 9.89. The molecule has 0 aromatic heterocycles. The van der Waals surface area contributed by atoms with Gasteiger partial charge in [0.15, 0.2) is 0 Å². The molecule has 1 N–H and O–H groups in total. The van der Waals surface area contributed by atoms with Crippen molar-refractivity contribution in [1.29, 1.82) is 0 Å². The number of rotatable bonds is 4. The molecule has 0 aliphatic carbocycles. The monoisotopic (exact) mass is 267 g/mol. The van der Waals surface area contributed by atoms with E-state index in [-0.39, 0.29) is 6.10 Å². The van der Waals surface area contributed by atoms with Crippen LogP contribution in [-0.4, -0.2) is 19.2 Å². The molecule has 0 saturated carbocycles. The van der Waals surface area contributed by atoms with Crippen LogP contribution >= 0.6 is 11.6 Å². The Bertz CT molecular complexity index is 381. The summed E-state index contributed by atoms with van der Waals surface area (Å²) in [7, 11) is 0.